The quantitative estimate of drug-likeness (QED) is 0.388. The van der Waals surface area contributed by atoms with Crippen LogP contribution in [0.5, 0.6) is 0 Å². The van der Waals surface area contributed by atoms with Crippen molar-refractivity contribution in [2.24, 2.45) is 0 Å². The Labute approximate surface area is 183 Å². The van der Waals surface area contributed by atoms with E-state index in [-0.39, 0.29) is 18.9 Å². The number of thioether (sulfide) groups is 1. The third kappa shape index (κ3) is 3.99. The topological polar surface area (TPSA) is 81.2 Å². The minimum absolute atomic E-state index is 0.157. The number of benzene rings is 1. The monoisotopic (exact) mass is 481 g/mol. The van der Waals surface area contributed by atoms with E-state index in [0.717, 1.165) is 5.69 Å². The van der Waals surface area contributed by atoms with Crippen molar-refractivity contribution in [1.29, 1.82) is 0 Å². The third-order valence-electron chi connectivity index (χ3n) is 4.40. The van der Waals surface area contributed by atoms with E-state index in [1.165, 1.54) is 16.7 Å². The number of hydrogen-bond acceptors (Lipinski definition) is 7. The summed E-state index contributed by atoms with van der Waals surface area (Å²) in [5.74, 6) is -0.0197. The maximum absolute atomic E-state index is 12.9. The van der Waals surface area contributed by atoms with Crippen molar-refractivity contribution in [2.75, 3.05) is 35.7 Å². The van der Waals surface area contributed by atoms with E-state index in [2.05, 4.69) is 0 Å². The summed E-state index contributed by atoms with van der Waals surface area (Å²) in [6, 6.07) is 3.37. The SMILES string of the molecule is CCN1C(=O)C(=C2N(C)c3cc(Cl)c(Cl)cc3N2CCCS(=O)(=O)O)SC1=S. The number of amides is 1. The molecule has 0 bridgehead atoms. The molecule has 1 N–H and O–H groups in total. The normalized spacial score (nSPS) is 19.8. The molecule has 2 aliphatic rings. The lowest BCUT2D eigenvalue weighted by molar-refractivity contribution is -0.122. The Morgan fingerprint density at radius 3 is 2.32 bits per heavy atom. The molecule has 0 aliphatic carbocycles. The highest BCUT2D eigenvalue weighted by Crippen LogP contribution is 2.48. The second-order valence-corrected chi connectivity index (χ2v) is 10.2. The number of likely N-dealkylation sites (N-methyl/N-ethyl adjacent to an activating group) is 1. The van der Waals surface area contributed by atoms with E-state index in [0.29, 0.717) is 37.3 Å². The van der Waals surface area contributed by atoms with Gasteiger partial charge in [0.2, 0.25) is 0 Å². The number of carbonyl (C=O) groups excluding carboxylic acids is 1. The summed E-state index contributed by atoms with van der Waals surface area (Å²) in [5.41, 5.74) is 1.43. The Kier molecular flexibility index (Phi) is 6.19. The Morgan fingerprint density at radius 2 is 1.79 bits per heavy atom. The Bertz CT molecular complexity index is 997. The second-order valence-electron chi connectivity index (χ2n) is 6.18. The van der Waals surface area contributed by atoms with Crippen LogP contribution in [-0.4, -0.2) is 54.0 Å². The van der Waals surface area contributed by atoms with Crippen LogP contribution < -0.4 is 9.80 Å². The molecular formula is C16H17Cl2N3O4S3. The molecule has 0 spiro atoms. The van der Waals surface area contributed by atoms with Gasteiger partial charge in [-0.15, -0.1) is 0 Å². The fourth-order valence-corrected chi connectivity index (χ4v) is 5.44. The standard InChI is InChI=1S/C16H17Cl2N3O4S3/c1-3-20-15(22)13(27-16(20)26)14-19(2)11-7-9(17)10(18)8-12(11)21(14)5-4-6-28(23,24)25/h7-8H,3-6H2,1-2H3,(H,23,24,25). The van der Waals surface area contributed by atoms with Crippen LogP contribution in [0.15, 0.2) is 22.9 Å². The molecule has 0 aromatic heterocycles. The number of carbonyl (C=O) groups is 1. The molecule has 3 rings (SSSR count). The molecule has 0 saturated carbocycles. The summed E-state index contributed by atoms with van der Waals surface area (Å²) in [7, 11) is -2.30. The van der Waals surface area contributed by atoms with Gasteiger partial charge in [-0.05, 0) is 25.5 Å². The van der Waals surface area contributed by atoms with Gasteiger partial charge in [0.25, 0.3) is 16.0 Å². The summed E-state index contributed by atoms with van der Waals surface area (Å²) in [5, 5.41) is 0.712. The fourth-order valence-electron chi connectivity index (χ4n) is 3.13. The first kappa shape index (κ1) is 21.7. The minimum Gasteiger partial charge on any atom is -0.328 e. The Balaban J connectivity index is 2.08. The molecule has 28 heavy (non-hydrogen) atoms. The van der Waals surface area contributed by atoms with Gasteiger partial charge in [0.15, 0.2) is 0 Å². The molecule has 1 fully saturated rings. The zero-order valence-electron chi connectivity index (χ0n) is 15.0. The number of rotatable bonds is 5. The summed E-state index contributed by atoms with van der Waals surface area (Å²) in [4.78, 5) is 18.4. The lowest BCUT2D eigenvalue weighted by atomic mass is 10.2. The first-order valence-corrected chi connectivity index (χ1v) is 11.9. The van der Waals surface area contributed by atoms with Crippen LogP contribution in [0, 0.1) is 0 Å². The van der Waals surface area contributed by atoms with Crippen molar-refractivity contribution in [3.8, 4) is 0 Å². The van der Waals surface area contributed by atoms with Gasteiger partial charge in [-0.3, -0.25) is 14.2 Å². The molecule has 0 atom stereocenters. The summed E-state index contributed by atoms with van der Waals surface area (Å²) in [6.07, 6.45) is 0.157. The second kappa shape index (κ2) is 8.00. The van der Waals surface area contributed by atoms with Gasteiger partial charge < -0.3 is 9.80 Å². The molecule has 1 aromatic rings. The minimum atomic E-state index is -4.10. The molecule has 0 unspecified atom stereocenters. The van der Waals surface area contributed by atoms with Gasteiger partial charge >= 0.3 is 0 Å². The molecule has 7 nitrogen and oxygen atoms in total. The van der Waals surface area contributed by atoms with E-state index in [1.54, 1.807) is 19.2 Å². The summed E-state index contributed by atoms with van der Waals surface area (Å²) < 4.78 is 31.8. The highest BCUT2D eigenvalue weighted by Gasteiger charge is 2.40. The lowest BCUT2D eigenvalue weighted by Crippen LogP contribution is -2.32. The van der Waals surface area contributed by atoms with Gasteiger partial charge in [-0.1, -0.05) is 47.2 Å². The highest BCUT2D eigenvalue weighted by atomic mass is 35.5. The van der Waals surface area contributed by atoms with Crippen LogP contribution in [0.25, 0.3) is 0 Å². The number of nitrogens with zero attached hydrogens (tertiary/aromatic N) is 3. The molecule has 2 heterocycles. The highest BCUT2D eigenvalue weighted by molar-refractivity contribution is 8.26. The van der Waals surface area contributed by atoms with E-state index in [9.17, 15) is 13.2 Å². The molecule has 152 valence electrons. The van der Waals surface area contributed by atoms with Crippen LogP contribution in [-0.2, 0) is 14.9 Å². The zero-order valence-corrected chi connectivity index (χ0v) is 18.9. The first-order chi connectivity index (χ1) is 13.0. The van der Waals surface area contributed by atoms with Crippen LogP contribution >= 0.6 is 47.2 Å². The maximum Gasteiger partial charge on any atom is 0.269 e. The maximum atomic E-state index is 12.9. The molecule has 0 radical (unpaired) electrons. The summed E-state index contributed by atoms with van der Waals surface area (Å²) in [6.45, 7) is 2.55. The smallest absolute Gasteiger partial charge is 0.269 e. The van der Waals surface area contributed by atoms with Crippen molar-refractivity contribution < 1.29 is 17.8 Å². The van der Waals surface area contributed by atoms with Gasteiger partial charge in [-0.2, -0.15) is 8.42 Å². The Morgan fingerprint density at radius 1 is 1.18 bits per heavy atom. The predicted molar refractivity (Wildman–Crippen MR) is 118 cm³/mol. The van der Waals surface area contributed by atoms with E-state index in [4.69, 9.17) is 40.0 Å². The molecule has 1 amide bonds. The van der Waals surface area contributed by atoms with Crippen LogP contribution in [0.3, 0.4) is 0 Å². The fraction of sp³-hybridized carbons (Fsp3) is 0.375. The lowest BCUT2D eigenvalue weighted by Gasteiger charge is -2.24. The number of halogens is 2. The molecule has 1 saturated heterocycles. The van der Waals surface area contributed by atoms with Crippen LogP contribution in [0.4, 0.5) is 11.4 Å². The van der Waals surface area contributed by atoms with Crippen molar-refractivity contribution >= 4 is 78.9 Å². The largest absolute Gasteiger partial charge is 0.328 e. The average Bonchev–Trinajstić information content (AvgIpc) is 3.01. The zero-order chi connectivity index (χ0) is 20.8. The number of thiocarbonyl (C=S) groups is 1. The number of anilines is 2. The average molecular weight is 482 g/mol. The van der Waals surface area contributed by atoms with Crippen molar-refractivity contribution in [3.63, 3.8) is 0 Å². The molecule has 2 aliphatic heterocycles. The first-order valence-electron chi connectivity index (χ1n) is 8.28. The van der Waals surface area contributed by atoms with Crippen LogP contribution in [0.1, 0.15) is 13.3 Å². The van der Waals surface area contributed by atoms with Gasteiger partial charge in [0.1, 0.15) is 15.0 Å². The van der Waals surface area contributed by atoms with E-state index >= 15 is 0 Å². The van der Waals surface area contributed by atoms with Crippen molar-refractivity contribution in [3.05, 3.63) is 32.9 Å². The molecular weight excluding hydrogens is 465 g/mol. The van der Waals surface area contributed by atoms with Gasteiger partial charge in [-0.25, -0.2) is 0 Å². The van der Waals surface area contributed by atoms with Crippen molar-refractivity contribution in [2.45, 2.75) is 13.3 Å². The number of hydrogen-bond donors (Lipinski definition) is 1. The van der Waals surface area contributed by atoms with Crippen molar-refractivity contribution in [1.82, 2.24) is 4.90 Å². The third-order valence-corrected chi connectivity index (χ3v) is 7.35. The number of fused-ring (bicyclic) bond motifs is 1. The predicted octanol–water partition coefficient (Wildman–Crippen LogP) is 3.58. The van der Waals surface area contributed by atoms with Gasteiger partial charge in [0.05, 0.1) is 27.2 Å². The summed E-state index contributed by atoms with van der Waals surface area (Å²) >= 11 is 18.9. The molecule has 1 aromatic carbocycles. The van der Waals surface area contributed by atoms with Gasteiger partial charge in [0, 0.05) is 20.1 Å². The van der Waals surface area contributed by atoms with E-state index < -0.39 is 15.9 Å². The van der Waals surface area contributed by atoms with Crippen LogP contribution in [0.2, 0.25) is 10.0 Å². The molecule has 12 heteroatoms. The van der Waals surface area contributed by atoms with E-state index in [1.807, 2.05) is 16.7 Å². The Hall–Kier alpha value is -1.04.